The molecule has 1 fully saturated rings. The zero-order valence-corrected chi connectivity index (χ0v) is 7.39. The number of amides is 3. The topological polar surface area (TPSA) is 65.0 Å². The first-order valence-electron chi connectivity index (χ1n) is 3.95. The maximum atomic E-state index is 11.5. The Kier molecular flexibility index (Phi) is 1.51. The van der Waals surface area contributed by atoms with Crippen LogP contribution in [0.3, 0.4) is 0 Å². The molecule has 1 saturated heterocycles. The molecule has 13 heavy (non-hydrogen) atoms. The molecule has 3 amide bonds. The number of nitrogens with zero attached hydrogens (tertiary/aromatic N) is 3. The summed E-state index contributed by atoms with van der Waals surface area (Å²) in [5.74, 6) is -0.231. The number of likely N-dealkylation sites (N-methyl/N-ethyl adjacent to an activating group) is 2. The summed E-state index contributed by atoms with van der Waals surface area (Å²) in [6, 6.07) is -0.722. The molecule has 6 heteroatoms. The molecule has 0 aromatic heterocycles. The third-order valence-electron chi connectivity index (χ3n) is 2.36. The molecule has 2 heterocycles. The van der Waals surface area contributed by atoms with Gasteiger partial charge in [0.05, 0.1) is 6.34 Å². The number of urea groups is 1. The fourth-order valence-electron chi connectivity index (χ4n) is 1.55. The van der Waals surface area contributed by atoms with E-state index in [2.05, 4.69) is 10.3 Å². The Hall–Kier alpha value is -1.59. The molecular weight excluding hydrogens is 172 g/mol. The molecule has 0 radical (unpaired) electrons. The number of fused-ring (bicyclic) bond motifs is 1. The molecule has 0 spiro atoms. The van der Waals surface area contributed by atoms with Gasteiger partial charge in [0, 0.05) is 14.1 Å². The molecule has 0 bridgehead atoms. The lowest BCUT2D eigenvalue weighted by Gasteiger charge is -2.36. The van der Waals surface area contributed by atoms with Crippen molar-refractivity contribution in [1.29, 1.82) is 0 Å². The smallest absolute Gasteiger partial charge is 0.328 e. The van der Waals surface area contributed by atoms with E-state index in [1.54, 1.807) is 7.05 Å². The Morgan fingerprint density at radius 3 is 2.85 bits per heavy atom. The Morgan fingerprint density at radius 2 is 2.15 bits per heavy atom. The van der Waals surface area contributed by atoms with E-state index in [1.807, 2.05) is 0 Å². The largest absolute Gasteiger partial charge is 0.362 e. The van der Waals surface area contributed by atoms with Gasteiger partial charge in [-0.1, -0.05) is 0 Å². The molecule has 70 valence electrons. The minimum Gasteiger partial charge on any atom is -0.362 e. The Balaban J connectivity index is 2.32. The highest BCUT2D eigenvalue weighted by atomic mass is 16.2. The van der Waals surface area contributed by atoms with Gasteiger partial charge in [-0.3, -0.25) is 9.69 Å². The maximum Gasteiger partial charge on any atom is 0.328 e. The van der Waals surface area contributed by atoms with Crippen LogP contribution in [0, 0.1) is 0 Å². The molecule has 0 saturated carbocycles. The molecule has 0 aromatic carbocycles. The van der Waals surface area contributed by atoms with Crippen molar-refractivity contribution in [3.05, 3.63) is 0 Å². The highest BCUT2D eigenvalue weighted by Crippen LogP contribution is 2.17. The van der Waals surface area contributed by atoms with E-state index in [4.69, 9.17) is 0 Å². The van der Waals surface area contributed by atoms with E-state index in [0.717, 1.165) is 4.90 Å². The fourth-order valence-corrected chi connectivity index (χ4v) is 1.55. The second kappa shape index (κ2) is 2.45. The predicted molar refractivity (Wildman–Crippen MR) is 45.1 cm³/mol. The zero-order valence-electron chi connectivity index (χ0n) is 7.39. The van der Waals surface area contributed by atoms with E-state index in [0.29, 0.717) is 0 Å². The van der Waals surface area contributed by atoms with Crippen molar-refractivity contribution in [2.45, 2.75) is 12.2 Å². The summed E-state index contributed by atoms with van der Waals surface area (Å²) >= 11 is 0. The average molecular weight is 182 g/mol. The summed E-state index contributed by atoms with van der Waals surface area (Å²) < 4.78 is 0. The number of imide groups is 1. The van der Waals surface area contributed by atoms with Crippen LogP contribution in [-0.2, 0) is 4.79 Å². The number of carbonyl (C=O) groups excluding carboxylic acids is 2. The summed E-state index contributed by atoms with van der Waals surface area (Å²) in [5, 5.41) is 2.81. The van der Waals surface area contributed by atoms with Crippen LogP contribution >= 0.6 is 0 Å². The van der Waals surface area contributed by atoms with Crippen LogP contribution in [0.15, 0.2) is 4.99 Å². The van der Waals surface area contributed by atoms with E-state index in [-0.39, 0.29) is 18.1 Å². The van der Waals surface area contributed by atoms with Crippen LogP contribution in [0.4, 0.5) is 4.79 Å². The van der Waals surface area contributed by atoms with Crippen molar-refractivity contribution < 1.29 is 9.59 Å². The second-order valence-corrected chi connectivity index (χ2v) is 3.13. The lowest BCUT2D eigenvalue weighted by Crippen LogP contribution is -2.62. The second-order valence-electron chi connectivity index (χ2n) is 3.13. The molecule has 0 aliphatic carbocycles. The summed E-state index contributed by atoms with van der Waals surface area (Å²) in [7, 11) is 3.10. The molecule has 1 N–H and O–H groups in total. The third-order valence-corrected chi connectivity index (χ3v) is 2.36. The van der Waals surface area contributed by atoms with E-state index < -0.39 is 6.04 Å². The SMILES string of the molecule is CN1C(=O)[C@H]2NC=N[C@@H]2N(C)C1=O. The highest BCUT2D eigenvalue weighted by molar-refractivity contribution is 6.01. The van der Waals surface area contributed by atoms with Gasteiger partial charge < -0.3 is 10.2 Å². The zero-order chi connectivity index (χ0) is 9.59. The van der Waals surface area contributed by atoms with E-state index in [1.165, 1.54) is 18.3 Å². The van der Waals surface area contributed by atoms with Gasteiger partial charge in [0.1, 0.15) is 6.04 Å². The van der Waals surface area contributed by atoms with Crippen molar-refractivity contribution in [3.63, 3.8) is 0 Å². The number of aliphatic imine (C=N–C) groups is 1. The first kappa shape index (κ1) is 8.03. The van der Waals surface area contributed by atoms with E-state index >= 15 is 0 Å². The summed E-state index contributed by atoms with van der Waals surface area (Å²) in [5.41, 5.74) is 0. The van der Waals surface area contributed by atoms with Gasteiger partial charge in [-0.25, -0.2) is 9.79 Å². The molecule has 6 nitrogen and oxygen atoms in total. The number of nitrogens with one attached hydrogen (secondary N) is 1. The first-order chi connectivity index (χ1) is 6.13. The lowest BCUT2D eigenvalue weighted by molar-refractivity contribution is -0.133. The minimum atomic E-state index is -0.410. The van der Waals surface area contributed by atoms with Crippen LogP contribution in [0.2, 0.25) is 0 Å². The summed E-state index contributed by atoms with van der Waals surface area (Å²) in [4.78, 5) is 29.4. The first-order valence-corrected chi connectivity index (χ1v) is 3.95. The third kappa shape index (κ3) is 0.912. The number of carbonyl (C=O) groups is 2. The van der Waals surface area contributed by atoms with E-state index in [9.17, 15) is 9.59 Å². The molecule has 0 unspecified atom stereocenters. The predicted octanol–water partition coefficient (Wildman–Crippen LogP) is -1.16. The van der Waals surface area contributed by atoms with Crippen LogP contribution in [0.1, 0.15) is 0 Å². The molecule has 2 atom stereocenters. The van der Waals surface area contributed by atoms with Gasteiger partial charge in [-0.2, -0.15) is 0 Å². The van der Waals surface area contributed by atoms with Crippen LogP contribution in [0.25, 0.3) is 0 Å². The molecule has 2 aliphatic heterocycles. The van der Waals surface area contributed by atoms with Gasteiger partial charge in [-0.05, 0) is 0 Å². The molecule has 0 aromatic rings. The monoisotopic (exact) mass is 182 g/mol. The maximum absolute atomic E-state index is 11.5. The lowest BCUT2D eigenvalue weighted by atomic mass is 10.1. The van der Waals surface area contributed by atoms with Crippen LogP contribution < -0.4 is 5.32 Å². The summed E-state index contributed by atoms with van der Waals surface area (Å²) in [6.07, 6.45) is 1.09. The van der Waals surface area contributed by atoms with Gasteiger partial charge in [0.15, 0.2) is 6.17 Å². The standard InChI is InChI=1S/C7H10N4O2/c1-10-5-4(8-3-9-5)6(12)11(2)7(10)13/h3-5H,1-2H3,(H,8,9)/t4-,5+/m0/s1. The highest BCUT2D eigenvalue weighted by Gasteiger charge is 2.44. The number of hydrogen-bond donors (Lipinski definition) is 1. The fraction of sp³-hybridized carbons (Fsp3) is 0.571. The van der Waals surface area contributed by atoms with Crippen LogP contribution in [0.5, 0.6) is 0 Å². The van der Waals surface area contributed by atoms with Gasteiger partial charge in [-0.15, -0.1) is 0 Å². The Bertz CT molecular complexity index is 301. The Labute approximate surface area is 75.2 Å². The van der Waals surface area contributed by atoms with Gasteiger partial charge in [0.25, 0.3) is 5.91 Å². The van der Waals surface area contributed by atoms with Crippen molar-refractivity contribution in [2.75, 3.05) is 14.1 Å². The van der Waals surface area contributed by atoms with Gasteiger partial charge >= 0.3 is 6.03 Å². The molecule has 2 rings (SSSR count). The average Bonchev–Trinajstić information content (AvgIpc) is 2.59. The van der Waals surface area contributed by atoms with Crippen molar-refractivity contribution in [2.24, 2.45) is 4.99 Å². The molecule has 2 aliphatic rings. The minimum absolute atomic E-state index is 0.231. The Morgan fingerprint density at radius 1 is 1.46 bits per heavy atom. The normalized spacial score (nSPS) is 32.2. The van der Waals surface area contributed by atoms with Crippen molar-refractivity contribution >= 4 is 18.3 Å². The summed E-state index contributed by atoms with van der Waals surface area (Å²) in [6.45, 7) is 0. The quantitative estimate of drug-likeness (QED) is 0.513. The van der Waals surface area contributed by atoms with Crippen molar-refractivity contribution in [1.82, 2.24) is 15.1 Å². The van der Waals surface area contributed by atoms with Crippen molar-refractivity contribution in [3.8, 4) is 0 Å². The number of rotatable bonds is 0. The van der Waals surface area contributed by atoms with Crippen LogP contribution in [-0.4, -0.2) is 54.4 Å². The molecular formula is C7H10N4O2. The number of hydrogen-bond acceptors (Lipinski definition) is 4. The van der Waals surface area contributed by atoms with Gasteiger partial charge in [0.2, 0.25) is 0 Å².